The van der Waals surface area contributed by atoms with Crippen LogP contribution in [0.3, 0.4) is 0 Å². The van der Waals surface area contributed by atoms with Gasteiger partial charge in [-0.25, -0.2) is 0 Å². The third-order valence-corrected chi connectivity index (χ3v) is 5.30. The lowest BCUT2D eigenvalue weighted by atomic mass is 9.89. The Morgan fingerprint density at radius 2 is 1.32 bits per heavy atom. The third-order valence-electron chi connectivity index (χ3n) is 4.31. The number of fused-ring (bicyclic) bond motifs is 3. The smallest absolute Gasteiger partial charge is 0.0353 e. The minimum absolute atomic E-state index is 0.305. The molecule has 0 aromatic heterocycles. The first-order chi connectivity index (χ1) is 10.6. The van der Waals surface area contributed by atoms with Crippen LogP contribution in [0.5, 0.6) is 0 Å². The lowest BCUT2D eigenvalue weighted by molar-refractivity contribution is 1.01. The minimum Gasteiger partial charge on any atom is -0.0617 e. The van der Waals surface area contributed by atoms with E-state index in [-0.39, 0.29) is 0 Å². The molecule has 0 radical (unpaired) electrons. The number of hydrogen-bond donors (Lipinski definition) is 0. The highest BCUT2D eigenvalue weighted by molar-refractivity contribution is 9.10. The molecule has 108 valence electrons. The fraction of sp³-hybridized carbons (Fsp3) is 0.100. The predicted molar refractivity (Wildman–Crippen MR) is 99.4 cm³/mol. The summed E-state index contributed by atoms with van der Waals surface area (Å²) in [5.41, 5.74) is 8.12. The molecule has 0 amide bonds. The van der Waals surface area contributed by atoms with Gasteiger partial charge in [-0.2, -0.15) is 0 Å². The Hall–Kier alpha value is -1.38. The van der Waals surface area contributed by atoms with Crippen molar-refractivity contribution in [2.75, 3.05) is 0 Å². The van der Waals surface area contributed by atoms with Crippen LogP contribution in [0.25, 0.3) is 11.1 Å². The molecule has 1 aliphatic rings. The SMILES string of the molecule is Cc1cccc(C2c3cc(Br)ccc3-c3ccc(Br)cc32)c1. The number of rotatable bonds is 1. The van der Waals surface area contributed by atoms with Gasteiger partial charge < -0.3 is 0 Å². The molecule has 0 heterocycles. The Balaban J connectivity index is 2.02. The highest BCUT2D eigenvalue weighted by Gasteiger charge is 2.30. The van der Waals surface area contributed by atoms with Gasteiger partial charge in [0.2, 0.25) is 0 Å². The zero-order valence-corrected chi connectivity index (χ0v) is 15.3. The minimum atomic E-state index is 0.305. The summed E-state index contributed by atoms with van der Waals surface area (Å²) in [4.78, 5) is 0. The Bertz CT molecular complexity index is 829. The highest BCUT2D eigenvalue weighted by Crippen LogP contribution is 2.49. The molecule has 1 aliphatic carbocycles. The fourth-order valence-corrected chi connectivity index (χ4v) is 4.17. The maximum atomic E-state index is 3.63. The van der Waals surface area contributed by atoms with E-state index in [1.54, 1.807) is 0 Å². The predicted octanol–water partition coefficient (Wildman–Crippen LogP) is 6.68. The maximum Gasteiger partial charge on any atom is 0.0353 e. The van der Waals surface area contributed by atoms with Crippen LogP contribution in [0.1, 0.15) is 28.2 Å². The first-order valence-corrected chi connectivity index (χ1v) is 8.88. The summed E-state index contributed by atoms with van der Waals surface area (Å²) in [6.07, 6.45) is 0. The molecule has 3 aromatic rings. The molecule has 3 aromatic carbocycles. The van der Waals surface area contributed by atoms with Crippen molar-refractivity contribution >= 4 is 31.9 Å². The van der Waals surface area contributed by atoms with Gasteiger partial charge in [-0.15, -0.1) is 0 Å². The zero-order chi connectivity index (χ0) is 15.3. The number of hydrogen-bond acceptors (Lipinski definition) is 0. The molecule has 0 nitrogen and oxygen atoms in total. The van der Waals surface area contributed by atoms with Crippen LogP contribution in [0, 0.1) is 6.92 Å². The van der Waals surface area contributed by atoms with Crippen molar-refractivity contribution in [1.82, 2.24) is 0 Å². The van der Waals surface area contributed by atoms with E-state index in [1.165, 1.54) is 33.4 Å². The Morgan fingerprint density at radius 3 is 1.86 bits per heavy atom. The average Bonchev–Trinajstić information content (AvgIpc) is 2.79. The van der Waals surface area contributed by atoms with E-state index in [1.807, 2.05) is 0 Å². The molecule has 0 N–H and O–H groups in total. The topological polar surface area (TPSA) is 0 Å². The molecule has 4 rings (SSSR count). The van der Waals surface area contributed by atoms with Crippen LogP contribution in [0.15, 0.2) is 69.6 Å². The van der Waals surface area contributed by atoms with Crippen molar-refractivity contribution in [3.05, 3.63) is 91.9 Å². The van der Waals surface area contributed by atoms with Crippen LogP contribution >= 0.6 is 31.9 Å². The van der Waals surface area contributed by atoms with Crippen LogP contribution in [-0.2, 0) is 0 Å². The highest BCUT2D eigenvalue weighted by atomic mass is 79.9. The quantitative estimate of drug-likeness (QED) is 0.326. The lowest BCUT2D eigenvalue weighted by Crippen LogP contribution is -1.99. The largest absolute Gasteiger partial charge is 0.0617 e. The summed E-state index contributed by atoms with van der Waals surface area (Å²) in [5.74, 6) is 0.305. The number of aryl methyl sites for hydroxylation is 1. The molecule has 0 unspecified atom stereocenters. The molecule has 0 atom stereocenters. The Kier molecular flexibility index (Phi) is 3.47. The fourth-order valence-electron chi connectivity index (χ4n) is 3.41. The normalized spacial score (nSPS) is 13.0. The van der Waals surface area contributed by atoms with Gasteiger partial charge in [-0.05, 0) is 59.0 Å². The summed E-state index contributed by atoms with van der Waals surface area (Å²) < 4.78 is 2.27. The van der Waals surface area contributed by atoms with Crippen molar-refractivity contribution in [1.29, 1.82) is 0 Å². The molecular formula is C20H14Br2. The van der Waals surface area contributed by atoms with Crippen molar-refractivity contribution in [2.24, 2.45) is 0 Å². The van der Waals surface area contributed by atoms with E-state index >= 15 is 0 Å². The van der Waals surface area contributed by atoms with Crippen molar-refractivity contribution in [3.63, 3.8) is 0 Å². The monoisotopic (exact) mass is 412 g/mol. The second-order valence-corrected chi connectivity index (χ2v) is 7.64. The van der Waals surface area contributed by atoms with Gasteiger partial charge in [-0.3, -0.25) is 0 Å². The van der Waals surface area contributed by atoms with E-state index in [0.717, 1.165) is 8.95 Å². The Labute approximate surface area is 147 Å². The van der Waals surface area contributed by atoms with Crippen LogP contribution < -0.4 is 0 Å². The lowest BCUT2D eigenvalue weighted by Gasteiger charge is -2.15. The molecule has 0 fully saturated rings. The molecule has 0 aliphatic heterocycles. The van der Waals surface area contributed by atoms with Crippen LogP contribution in [0.2, 0.25) is 0 Å². The molecule has 0 saturated carbocycles. The van der Waals surface area contributed by atoms with Crippen LogP contribution in [0.4, 0.5) is 0 Å². The molecule has 0 saturated heterocycles. The number of halogens is 2. The van der Waals surface area contributed by atoms with Gasteiger partial charge in [-0.1, -0.05) is 73.8 Å². The summed E-state index contributed by atoms with van der Waals surface area (Å²) in [6.45, 7) is 2.15. The average molecular weight is 414 g/mol. The van der Waals surface area contributed by atoms with Gasteiger partial charge in [0.1, 0.15) is 0 Å². The van der Waals surface area contributed by atoms with Crippen molar-refractivity contribution < 1.29 is 0 Å². The third kappa shape index (κ3) is 2.26. The first kappa shape index (κ1) is 14.2. The van der Waals surface area contributed by atoms with Gasteiger partial charge in [0.25, 0.3) is 0 Å². The molecular weight excluding hydrogens is 400 g/mol. The maximum absolute atomic E-state index is 3.63. The summed E-state index contributed by atoms with van der Waals surface area (Å²) in [6, 6.07) is 22.1. The summed E-state index contributed by atoms with van der Waals surface area (Å²) >= 11 is 7.26. The molecule has 2 heteroatoms. The van der Waals surface area contributed by atoms with E-state index in [2.05, 4.69) is 99.4 Å². The zero-order valence-electron chi connectivity index (χ0n) is 12.1. The van der Waals surface area contributed by atoms with Gasteiger partial charge in [0, 0.05) is 14.9 Å². The summed E-state index contributed by atoms with van der Waals surface area (Å²) in [5, 5.41) is 0. The van der Waals surface area contributed by atoms with Gasteiger partial charge in [0.15, 0.2) is 0 Å². The van der Waals surface area contributed by atoms with E-state index < -0.39 is 0 Å². The van der Waals surface area contributed by atoms with Gasteiger partial charge >= 0.3 is 0 Å². The second kappa shape index (κ2) is 5.36. The number of benzene rings is 3. The molecule has 0 bridgehead atoms. The van der Waals surface area contributed by atoms with E-state index in [9.17, 15) is 0 Å². The molecule has 22 heavy (non-hydrogen) atoms. The van der Waals surface area contributed by atoms with E-state index in [4.69, 9.17) is 0 Å². The van der Waals surface area contributed by atoms with Crippen molar-refractivity contribution in [3.8, 4) is 11.1 Å². The summed E-state index contributed by atoms with van der Waals surface area (Å²) in [7, 11) is 0. The first-order valence-electron chi connectivity index (χ1n) is 7.29. The van der Waals surface area contributed by atoms with Crippen molar-refractivity contribution in [2.45, 2.75) is 12.8 Å². The molecule has 0 spiro atoms. The second-order valence-electron chi connectivity index (χ2n) is 5.81. The Morgan fingerprint density at radius 1 is 0.727 bits per heavy atom. The van der Waals surface area contributed by atoms with E-state index in [0.29, 0.717) is 5.92 Å². The van der Waals surface area contributed by atoms with Gasteiger partial charge in [0.05, 0.1) is 0 Å². The van der Waals surface area contributed by atoms with Crippen LogP contribution in [-0.4, -0.2) is 0 Å². The standard InChI is InChI=1S/C20H14Br2/c1-12-3-2-4-13(9-12)20-18-10-14(21)5-7-16(18)17-8-6-15(22)11-19(17)20/h2-11,20H,1H3.